The number of nitrogens with zero attached hydrogens (tertiary/aromatic N) is 9. The molecule has 2 atom stereocenters. The molecule has 16 heteroatoms. The van der Waals surface area contributed by atoms with Gasteiger partial charge in [-0.05, 0) is 19.4 Å². The maximum absolute atomic E-state index is 14.1. The van der Waals surface area contributed by atoms with Gasteiger partial charge in [0.2, 0.25) is 11.9 Å². The zero-order chi connectivity index (χ0) is 27.5. The summed E-state index contributed by atoms with van der Waals surface area (Å²) in [6, 6.07) is 2.62. The quantitative estimate of drug-likeness (QED) is 0.325. The average Bonchev–Trinajstić information content (AvgIpc) is 3.64. The van der Waals surface area contributed by atoms with Gasteiger partial charge < -0.3 is 5.32 Å². The van der Waals surface area contributed by atoms with Crippen LogP contribution in [0.5, 0.6) is 0 Å². The molecule has 0 fully saturated rings. The van der Waals surface area contributed by atoms with Crippen molar-refractivity contribution in [3.8, 4) is 5.82 Å². The summed E-state index contributed by atoms with van der Waals surface area (Å²) in [5.74, 6) is -1.78. The van der Waals surface area contributed by atoms with Crippen molar-refractivity contribution in [2.24, 2.45) is 0 Å². The minimum atomic E-state index is -4.47. The number of anilines is 1. The fraction of sp³-hybridized carbons (Fsp3) is 0.261. The van der Waals surface area contributed by atoms with Crippen LogP contribution in [-0.2, 0) is 16.8 Å². The molecule has 1 amide bonds. The molecule has 200 valence electrons. The second-order valence-electron chi connectivity index (χ2n) is 9.27. The molecule has 5 aromatic rings. The Morgan fingerprint density at radius 2 is 1.92 bits per heavy atom. The Labute approximate surface area is 221 Å². The van der Waals surface area contributed by atoms with Crippen molar-refractivity contribution in [2.45, 2.75) is 37.4 Å². The lowest BCUT2D eigenvalue weighted by molar-refractivity contribution is -0.142. The Bertz CT molecular complexity index is 1710. The zero-order valence-electron chi connectivity index (χ0n) is 19.9. The van der Waals surface area contributed by atoms with E-state index in [2.05, 4.69) is 35.7 Å². The molecule has 0 radical (unpaired) electrons. The first-order chi connectivity index (χ1) is 18.5. The summed E-state index contributed by atoms with van der Waals surface area (Å²) in [6.45, 7) is 0.469. The van der Waals surface area contributed by atoms with Crippen molar-refractivity contribution in [1.82, 2.24) is 44.4 Å². The van der Waals surface area contributed by atoms with Crippen molar-refractivity contribution >= 4 is 28.8 Å². The third-order valence-corrected chi connectivity index (χ3v) is 6.90. The molecule has 0 saturated heterocycles. The Morgan fingerprint density at radius 1 is 1.15 bits per heavy atom. The van der Waals surface area contributed by atoms with Crippen LogP contribution >= 0.6 is 11.6 Å². The molecule has 11 nitrogen and oxygen atoms in total. The Kier molecular flexibility index (Phi) is 5.64. The van der Waals surface area contributed by atoms with Crippen LogP contribution < -0.4 is 5.32 Å². The van der Waals surface area contributed by atoms with Gasteiger partial charge in [-0.15, -0.1) is 9.90 Å². The third-order valence-electron chi connectivity index (χ3n) is 6.62. The summed E-state index contributed by atoms with van der Waals surface area (Å²) < 4.78 is 55.1. The number of fused-ring (bicyclic) bond motifs is 3. The molecule has 5 aromatic heterocycles. The van der Waals surface area contributed by atoms with E-state index in [1.54, 1.807) is 6.92 Å². The number of amides is 1. The summed E-state index contributed by atoms with van der Waals surface area (Å²) in [5, 5.41) is 18.7. The number of halogens is 5. The SMILES string of the molecule is C[C@]1(c2cnn(CC(F)(F)F)c2)C[C@@H](C(=O)Nc2cnc(-n3nccn3)c(Cl)c2)c2cnc3cc(F)nn3c21. The number of alkyl halides is 3. The van der Waals surface area contributed by atoms with E-state index in [1.807, 2.05) is 0 Å². The summed E-state index contributed by atoms with van der Waals surface area (Å²) in [7, 11) is 0. The van der Waals surface area contributed by atoms with Gasteiger partial charge in [0.05, 0.1) is 47.1 Å². The van der Waals surface area contributed by atoms with E-state index in [9.17, 15) is 22.4 Å². The highest BCUT2D eigenvalue weighted by molar-refractivity contribution is 6.32. The first-order valence-electron chi connectivity index (χ1n) is 11.5. The summed E-state index contributed by atoms with van der Waals surface area (Å²) in [4.78, 5) is 23.2. The largest absolute Gasteiger partial charge is 0.408 e. The molecule has 5 heterocycles. The molecule has 0 unspecified atom stereocenters. The number of nitrogens with one attached hydrogen (secondary N) is 1. The van der Waals surface area contributed by atoms with E-state index in [4.69, 9.17) is 11.6 Å². The van der Waals surface area contributed by atoms with E-state index >= 15 is 0 Å². The molecule has 0 aromatic carbocycles. The van der Waals surface area contributed by atoms with E-state index in [0.717, 1.165) is 10.7 Å². The van der Waals surface area contributed by atoms with Crippen LogP contribution in [0.2, 0.25) is 5.02 Å². The maximum atomic E-state index is 14.1. The van der Waals surface area contributed by atoms with Gasteiger partial charge in [0.25, 0.3) is 0 Å². The normalized spacial score (nSPS) is 19.0. The Hall–Kier alpha value is -4.40. The molecule has 0 spiro atoms. The molecular weight excluding hydrogens is 544 g/mol. The van der Waals surface area contributed by atoms with Gasteiger partial charge in [-0.25, -0.2) is 14.5 Å². The van der Waals surface area contributed by atoms with Crippen LogP contribution in [0.3, 0.4) is 0 Å². The van der Waals surface area contributed by atoms with E-state index < -0.39 is 35.9 Å². The van der Waals surface area contributed by atoms with E-state index in [0.29, 0.717) is 22.5 Å². The molecule has 0 aliphatic heterocycles. The second-order valence-corrected chi connectivity index (χ2v) is 9.67. The number of carbonyl (C=O) groups excluding carboxylic acids is 1. The van der Waals surface area contributed by atoms with Gasteiger partial charge >= 0.3 is 6.18 Å². The number of aromatic nitrogens is 9. The molecule has 1 N–H and O–H groups in total. The maximum Gasteiger partial charge on any atom is 0.408 e. The van der Waals surface area contributed by atoms with Crippen LogP contribution in [-0.4, -0.2) is 56.4 Å². The average molecular weight is 561 g/mol. The molecular formula is C23H17ClF4N10O. The van der Waals surface area contributed by atoms with Gasteiger partial charge in [-0.1, -0.05) is 11.6 Å². The minimum absolute atomic E-state index is 0.130. The summed E-state index contributed by atoms with van der Waals surface area (Å²) in [5.41, 5.74) is 0.734. The second kappa shape index (κ2) is 8.83. The van der Waals surface area contributed by atoms with Crippen molar-refractivity contribution in [1.29, 1.82) is 0 Å². The van der Waals surface area contributed by atoms with Crippen LogP contribution in [0.15, 0.2) is 49.3 Å². The predicted molar refractivity (Wildman–Crippen MR) is 128 cm³/mol. The summed E-state index contributed by atoms with van der Waals surface area (Å²) >= 11 is 6.33. The lowest BCUT2D eigenvalue weighted by Gasteiger charge is -2.24. The fourth-order valence-electron chi connectivity index (χ4n) is 4.95. The molecule has 0 bridgehead atoms. The predicted octanol–water partition coefficient (Wildman–Crippen LogP) is 3.69. The van der Waals surface area contributed by atoms with Crippen molar-refractivity contribution < 1.29 is 22.4 Å². The Balaban J connectivity index is 1.37. The van der Waals surface area contributed by atoms with E-state index in [1.165, 1.54) is 52.6 Å². The number of pyridine rings is 1. The zero-order valence-corrected chi connectivity index (χ0v) is 20.7. The Morgan fingerprint density at radius 3 is 2.64 bits per heavy atom. The van der Waals surface area contributed by atoms with Crippen molar-refractivity contribution in [2.75, 3.05) is 5.32 Å². The van der Waals surface area contributed by atoms with E-state index in [-0.39, 0.29) is 22.9 Å². The van der Waals surface area contributed by atoms with Crippen LogP contribution in [0.4, 0.5) is 23.2 Å². The lowest BCUT2D eigenvalue weighted by Crippen LogP contribution is -2.25. The minimum Gasteiger partial charge on any atom is -0.324 e. The molecule has 39 heavy (non-hydrogen) atoms. The molecule has 0 saturated carbocycles. The highest BCUT2D eigenvalue weighted by Gasteiger charge is 2.48. The number of rotatable bonds is 5. The van der Waals surface area contributed by atoms with Crippen LogP contribution in [0.1, 0.15) is 36.1 Å². The number of hydrogen-bond donors (Lipinski definition) is 1. The van der Waals surface area contributed by atoms with Crippen molar-refractivity contribution in [3.63, 3.8) is 0 Å². The fourth-order valence-corrected chi connectivity index (χ4v) is 5.19. The molecule has 1 aliphatic carbocycles. The van der Waals surface area contributed by atoms with Crippen LogP contribution in [0.25, 0.3) is 11.5 Å². The van der Waals surface area contributed by atoms with Gasteiger partial charge in [0.15, 0.2) is 11.5 Å². The van der Waals surface area contributed by atoms with Crippen molar-refractivity contribution in [3.05, 3.63) is 77.1 Å². The number of carbonyl (C=O) groups is 1. The van der Waals surface area contributed by atoms with Gasteiger partial charge in [-0.2, -0.15) is 32.9 Å². The number of hydrogen-bond acceptors (Lipinski definition) is 7. The third kappa shape index (κ3) is 4.37. The van der Waals surface area contributed by atoms with Gasteiger partial charge in [0, 0.05) is 35.0 Å². The van der Waals surface area contributed by atoms with Gasteiger partial charge in [-0.3, -0.25) is 9.48 Å². The topological polar surface area (TPSA) is 121 Å². The standard InChI is InChI=1S/C23H17ClF4N10O/c1-22(12-7-33-36(10-12)11-23(26,27)28)6-14(15-9-29-18-5-17(25)35-37(18)19(15)22)21(39)34-13-4-16(24)20(30-8-13)38-31-2-3-32-38/h2-5,7-10,14H,6,11H2,1H3,(H,34,39)/t14-,22-/m1/s1. The first kappa shape index (κ1) is 24.9. The monoisotopic (exact) mass is 560 g/mol. The lowest BCUT2D eigenvalue weighted by atomic mass is 9.80. The first-order valence-corrected chi connectivity index (χ1v) is 11.9. The molecule has 1 aliphatic rings. The highest BCUT2D eigenvalue weighted by atomic mass is 35.5. The smallest absolute Gasteiger partial charge is 0.324 e. The van der Waals surface area contributed by atoms with Crippen LogP contribution in [0, 0.1) is 5.95 Å². The summed E-state index contributed by atoms with van der Waals surface area (Å²) in [6.07, 6.45) is 4.02. The highest BCUT2D eigenvalue weighted by Crippen LogP contribution is 2.50. The van der Waals surface area contributed by atoms with Gasteiger partial charge in [0.1, 0.15) is 6.54 Å². The molecule has 6 rings (SSSR count).